The van der Waals surface area contributed by atoms with Crippen LogP contribution < -0.4 is 0 Å². The SMILES string of the molecule is CN1CCN(Cc2ccc(CCO)cc2)CC1. The molecule has 3 heteroatoms. The highest BCUT2D eigenvalue weighted by molar-refractivity contribution is 5.22. The normalized spacial score (nSPS) is 18.5. The van der Waals surface area contributed by atoms with E-state index in [-0.39, 0.29) is 6.61 Å². The molecule has 0 atom stereocenters. The average molecular weight is 234 g/mol. The van der Waals surface area contributed by atoms with Gasteiger partial charge < -0.3 is 10.0 Å². The molecular formula is C14H22N2O. The Hall–Kier alpha value is -0.900. The van der Waals surface area contributed by atoms with Gasteiger partial charge in [-0.2, -0.15) is 0 Å². The summed E-state index contributed by atoms with van der Waals surface area (Å²) in [4.78, 5) is 4.88. The Morgan fingerprint density at radius 1 is 1.00 bits per heavy atom. The van der Waals surface area contributed by atoms with E-state index in [1.54, 1.807) is 0 Å². The summed E-state index contributed by atoms with van der Waals surface area (Å²) in [6, 6.07) is 8.62. The van der Waals surface area contributed by atoms with Crippen LogP contribution in [-0.4, -0.2) is 54.7 Å². The second kappa shape index (κ2) is 6.15. The summed E-state index contributed by atoms with van der Waals surface area (Å²) < 4.78 is 0. The maximum absolute atomic E-state index is 8.86. The Kier molecular flexibility index (Phi) is 4.54. The predicted molar refractivity (Wildman–Crippen MR) is 70.0 cm³/mol. The van der Waals surface area contributed by atoms with Gasteiger partial charge in [-0.25, -0.2) is 0 Å². The van der Waals surface area contributed by atoms with Crippen LogP contribution in [0.5, 0.6) is 0 Å². The van der Waals surface area contributed by atoms with E-state index >= 15 is 0 Å². The molecule has 17 heavy (non-hydrogen) atoms. The van der Waals surface area contributed by atoms with Crippen LogP contribution in [0.4, 0.5) is 0 Å². The molecule has 1 saturated heterocycles. The van der Waals surface area contributed by atoms with E-state index in [1.165, 1.54) is 24.2 Å². The van der Waals surface area contributed by atoms with E-state index in [1.807, 2.05) is 0 Å². The number of likely N-dealkylation sites (N-methyl/N-ethyl adjacent to an activating group) is 1. The van der Waals surface area contributed by atoms with Crippen molar-refractivity contribution in [2.45, 2.75) is 13.0 Å². The minimum Gasteiger partial charge on any atom is -0.396 e. The highest BCUT2D eigenvalue weighted by Crippen LogP contribution is 2.09. The Morgan fingerprint density at radius 3 is 2.18 bits per heavy atom. The molecule has 1 N–H and O–H groups in total. The third-order valence-corrected chi connectivity index (χ3v) is 3.43. The number of hydrogen-bond acceptors (Lipinski definition) is 3. The molecule has 0 radical (unpaired) electrons. The van der Waals surface area contributed by atoms with E-state index in [4.69, 9.17) is 5.11 Å². The van der Waals surface area contributed by atoms with Gasteiger partial charge in [0.25, 0.3) is 0 Å². The van der Waals surface area contributed by atoms with Crippen LogP contribution in [0.3, 0.4) is 0 Å². The molecule has 2 rings (SSSR count). The third-order valence-electron chi connectivity index (χ3n) is 3.43. The molecule has 1 aliphatic heterocycles. The minimum atomic E-state index is 0.234. The van der Waals surface area contributed by atoms with Crippen LogP contribution in [0, 0.1) is 0 Å². The van der Waals surface area contributed by atoms with Crippen molar-refractivity contribution < 1.29 is 5.11 Å². The lowest BCUT2D eigenvalue weighted by Gasteiger charge is -2.32. The highest BCUT2D eigenvalue weighted by atomic mass is 16.2. The fraction of sp³-hybridized carbons (Fsp3) is 0.571. The third kappa shape index (κ3) is 3.80. The molecule has 1 aromatic carbocycles. The second-order valence-electron chi connectivity index (χ2n) is 4.87. The molecule has 0 unspecified atom stereocenters. The van der Waals surface area contributed by atoms with Gasteiger partial charge in [0.05, 0.1) is 0 Å². The standard InChI is InChI=1S/C14H22N2O/c1-15-7-9-16(10-8-15)12-14-4-2-13(3-5-14)6-11-17/h2-5,17H,6-12H2,1H3. The van der Waals surface area contributed by atoms with Crippen LogP contribution in [0.2, 0.25) is 0 Å². The largest absolute Gasteiger partial charge is 0.396 e. The fourth-order valence-electron chi connectivity index (χ4n) is 2.20. The number of aliphatic hydroxyl groups is 1. The van der Waals surface area contributed by atoms with Crippen molar-refractivity contribution in [3.63, 3.8) is 0 Å². The zero-order chi connectivity index (χ0) is 12.1. The number of nitrogens with zero attached hydrogens (tertiary/aromatic N) is 2. The maximum atomic E-state index is 8.86. The first-order valence-corrected chi connectivity index (χ1v) is 6.37. The van der Waals surface area contributed by atoms with E-state index in [2.05, 4.69) is 41.1 Å². The van der Waals surface area contributed by atoms with Crippen LogP contribution >= 0.6 is 0 Å². The lowest BCUT2D eigenvalue weighted by molar-refractivity contribution is 0.148. The van der Waals surface area contributed by atoms with E-state index in [9.17, 15) is 0 Å². The first-order valence-electron chi connectivity index (χ1n) is 6.37. The summed E-state index contributed by atoms with van der Waals surface area (Å²) >= 11 is 0. The van der Waals surface area contributed by atoms with Crippen LogP contribution in [-0.2, 0) is 13.0 Å². The van der Waals surface area contributed by atoms with Crippen molar-refractivity contribution in [3.05, 3.63) is 35.4 Å². The molecule has 0 bridgehead atoms. The summed E-state index contributed by atoms with van der Waals surface area (Å²) in [6.45, 7) is 5.94. The van der Waals surface area contributed by atoms with Gasteiger partial charge >= 0.3 is 0 Å². The molecule has 94 valence electrons. The Balaban J connectivity index is 1.86. The van der Waals surface area contributed by atoms with Gasteiger partial charge in [0.2, 0.25) is 0 Å². The number of benzene rings is 1. The molecule has 3 nitrogen and oxygen atoms in total. The van der Waals surface area contributed by atoms with Gasteiger partial charge in [-0.15, -0.1) is 0 Å². The summed E-state index contributed by atoms with van der Waals surface area (Å²) in [5, 5.41) is 8.86. The lowest BCUT2D eigenvalue weighted by Crippen LogP contribution is -2.43. The van der Waals surface area contributed by atoms with Gasteiger partial charge in [-0.1, -0.05) is 24.3 Å². The van der Waals surface area contributed by atoms with Crippen molar-refractivity contribution in [1.29, 1.82) is 0 Å². The molecule has 0 saturated carbocycles. The van der Waals surface area contributed by atoms with E-state index in [0.29, 0.717) is 0 Å². The molecule has 1 fully saturated rings. The van der Waals surface area contributed by atoms with Gasteiger partial charge in [-0.3, -0.25) is 4.90 Å². The zero-order valence-electron chi connectivity index (χ0n) is 10.6. The van der Waals surface area contributed by atoms with Gasteiger partial charge in [0.15, 0.2) is 0 Å². The molecule has 0 spiro atoms. The summed E-state index contributed by atoms with van der Waals surface area (Å²) in [6.07, 6.45) is 0.759. The number of rotatable bonds is 4. The van der Waals surface area contributed by atoms with Crippen molar-refractivity contribution in [3.8, 4) is 0 Å². The van der Waals surface area contributed by atoms with Gasteiger partial charge in [0, 0.05) is 39.3 Å². The highest BCUT2D eigenvalue weighted by Gasteiger charge is 2.13. The molecule has 1 aliphatic rings. The van der Waals surface area contributed by atoms with Crippen LogP contribution in [0.25, 0.3) is 0 Å². The lowest BCUT2D eigenvalue weighted by atomic mass is 10.1. The quantitative estimate of drug-likeness (QED) is 0.841. The molecule has 1 aromatic rings. The fourth-order valence-corrected chi connectivity index (χ4v) is 2.20. The van der Waals surface area contributed by atoms with Gasteiger partial charge in [-0.05, 0) is 24.6 Å². The Morgan fingerprint density at radius 2 is 1.59 bits per heavy atom. The monoisotopic (exact) mass is 234 g/mol. The Labute approximate surface area is 104 Å². The summed E-state index contributed by atoms with van der Waals surface area (Å²) in [7, 11) is 2.18. The average Bonchev–Trinajstić information content (AvgIpc) is 2.35. The van der Waals surface area contributed by atoms with E-state index < -0.39 is 0 Å². The second-order valence-corrected chi connectivity index (χ2v) is 4.87. The predicted octanol–water partition coefficient (Wildman–Crippen LogP) is 0.969. The first kappa shape index (κ1) is 12.6. The first-order chi connectivity index (χ1) is 8.28. The summed E-state index contributed by atoms with van der Waals surface area (Å²) in [5.41, 5.74) is 2.59. The molecule has 0 aliphatic carbocycles. The van der Waals surface area contributed by atoms with Crippen molar-refractivity contribution >= 4 is 0 Å². The number of aliphatic hydroxyl groups excluding tert-OH is 1. The van der Waals surface area contributed by atoms with Crippen LogP contribution in [0.1, 0.15) is 11.1 Å². The van der Waals surface area contributed by atoms with Crippen molar-refractivity contribution in [1.82, 2.24) is 9.80 Å². The smallest absolute Gasteiger partial charge is 0.0471 e. The number of hydrogen-bond donors (Lipinski definition) is 1. The van der Waals surface area contributed by atoms with Gasteiger partial charge in [0.1, 0.15) is 0 Å². The summed E-state index contributed by atoms with van der Waals surface area (Å²) in [5.74, 6) is 0. The molecular weight excluding hydrogens is 212 g/mol. The van der Waals surface area contributed by atoms with E-state index in [0.717, 1.165) is 26.1 Å². The van der Waals surface area contributed by atoms with Crippen LogP contribution in [0.15, 0.2) is 24.3 Å². The molecule has 0 aromatic heterocycles. The van der Waals surface area contributed by atoms with Crippen molar-refractivity contribution in [2.75, 3.05) is 39.8 Å². The zero-order valence-corrected chi connectivity index (χ0v) is 10.6. The maximum Gasteiger partial charge on any atom is 0.0471 e. The Bertz CT molecular complexity index is 329. The molecule has 0 amide bonds. The number of piperazine rings is 1. The molecule has 1 heterocycles. The van der Waals surface area contributed by atoms with Crippen molar-refractivity contribution in [2.24, 2.45) is 0 Å². The minimum absolute atomic E-state index is 0.234. The topological polar surface area (TPSA) is 26.7 Å².